The van der Waals surface area contributed by atoms with Crippen LogP contribution in [0.25, 0.3) is 5.69 Å². The van der Waals surface area contributed by atoms with Crippen molar-refractivity contribution in [2.45, 2.75) is 20.0 Å². The van der Waals surface area contributed by atoms with Crippen LogP contribution in [-0.2, 0) is 14.3 Å². The zero-order chi connectivity index (χ0) is 15.2. The van der Waals surface area contributed by atoms with Gasteiger partial charge in [-0.3, -0.25) is 0 Å². The number of benzene rings is 1. The molecule has 6 heteroatoms. The Labute approximate surface area is 122 Å². The van der Waals surface area contributed by atoms with Crippen molar-refractivity contribution in [1.29, 1.82) is 0 Å². The Kier molecular flexibility index (Phi) is 4.71. The van der Waals surface area contributed by atoms with Gasteiger partial charge in [-0.25, -0.2) is 14.3 Å². The quantitative estimate of drug-likeness (QED) is 0.787. The average molecular weight is 288 g/mol. The van der Waals surface area contributed by atoms with Gasteiger partial charge in [-0.1, -0.05) is 0 Å². The minimum atomic E-state index is -0.567. The third-order valence-electron chi connectivity index (χ3n) is 2.56. The summed E-state index contributed by atoms with van der Waals surface area (Å²) in [6.45, 7) is 3.07. The van der Waals surface area contributed by atoms with Crippen LogP contribution in [0.4, 0.5) is 0 Å². The Morgan fingerprint density at radius 3 is 2.52 bits per heavy atom. The summed E-state index contributed by atoms with van der Waals surface area (Å²) in [6.07, 6.45) is 3.24. The zero-order valence-corrected chi connectivity index (χ0v) is 11.9. The van der Waals surface area contributed by atoms with E-state index < -0.39 is 18.5 Å². The molecule has 0 saturated carbocycles. The molecule has 2 rings (SSSR count). The number of nitrogens with zero attached hydrogens (tertiary/aromatic N) is 2. The maximum atomic E-state index is 11.8. The van der Waals surface area contributed by atoms with E-state index in [1.807, 2.05) is 6.07 Å². The lowest BCUT2D eigenvalue weighted by Gasteiger charge is -2.08. The van der Waals surface area contributed by atoms with Crippen molar-refractivity contribution in [2.24, 2.45) is 0 Å². The first-order valence-corrected chi connectivity index (χ1v) is 6.53. The van der Waals surface area contributed by atoms with Gasteiger partial charge >= 0.3 is 11.9 Å². The van der Waals surface area contributed by atoms with Gasteiger partial charge in [0.15, 0.2) is 6.61 Å². The van der Waals surface area contributed by atoms with Crippen molar-refractivity contribution >= 4 is 11.9 Å². The summed E-state index contributed by atoms with van der Waals surface area (Å²) in [6, 6.07) is 8.54. The standard InChI is InChI=1S/C15H16N2O4/c1-11(2)21-14(18)10-20-15(19)12-4-6-13(7-5-12)17-9-3-8-16-17/h3-9,11H,10H2,1-2H3. The summed E-state index contributed by atoms with van der Waals surface area (Å²) in [5, 5.41) is 4.09. The second-order valence-corrected chi connectivity index (χ2v) is 4.61. The highest BCUT2D eigenvalue weighted by molar-refractivity contribution is 5.90. The largest absolute Gasteiger partial charge is 0.460 e. The molecule has 1 heterocycles. The van der Waals surface area contributed by atoms with Crippen molar-refractivity contribution in [1.82, 2.24) is 9.78 Å². The molecule has 1 aromatic heterocycles. The molecule has 0 amide bonds. The van der Waals surface area contributed by atoms with Crippen molar-refractivity contribution in [2.75, 3.05) is 6.61 Å². The second kappa shape index (κ2) is 6.69. The number of hydrogen-bond donors (Lipinski definition) is 0. The lowest BCUT2D eigenvalue weighted by molar-refractivity contribution is -0.150. The molecule has 0 fully saturated rings. The smallest absolute Gasteiger partial charge is 0.344 e. The van der Waals surface area contributed by atoms with Gasteiger partial charge in [0, 0.05) is 12.4 Å². The molecule has 6 nitrogen and oxygen atoms in total. The first-order chi connectivity index (χ1) is 10.1. The lowest BCUT2D eigenvalue weighted by atomic mass is 10.2. The van der Waals surface area contributed by atoms with E-state index in [0.717, 1.165) is 5.69 Å². The number of carbonyl (C=O) groups is 2. The van der Waals surface area contributed by atoms with Crippen molar-refractivity contribution in [3.8, 4) is 5.69 Å². The van der Waals surface area contributed by atoms with Crippen LogP contribution in [0.15, 0.2) is 42.7 Å². The molecule has 1 aromatic carbocycles. The van der Waals surface area contributed by atoms with Crippen molar-refractivity contribution in [3.63, 3.8) is 0 Å². The number of carbonyl (C=O) groups excluding carboxylic acids is 2. The highest BCUT2D eigenvalue weighted by Gasteiger charge is 2.12. The van der Waals surface area contributed by atoms with E-state index in [2.05, 4.69) is 5.10 Å². The first-order valence-electron chi connectivity index (χ1n) is 6.53. The normalized spacial score (nSPS) is 10.4. The van der Waals surface area contributed by atoms with E-state index in [-0.39, 0.29) is 6.10 Å². The van der Waals surface area contributed by atoms with Crippen LogP contribution in [0.2, 0.25) is 0 Å². The molecule has 21 heavy (non-hydrogen) atoms. The highest BCUT2D eigenvalue weighted by Crippen LogP contribution is 2.09. The third-order valence-corrected chi connectivity index (χ3v) is 2.56. The summed E-state index contributed by atoms with van der Waals surface area (Å²) >= 11 is 0. The zero-order valence-electron chi connectivity index (χ0n) is 11.9. The summed E-state index contributed by atoms with van der Waals surface area (Å²) in [7, 11) is 0. The maximum absolute atomic E-state index is 11.8. The highest BCUT2D eigenvalue weighted by atomic mass is 16.6. The van der Waals surface area contributed by atoms with Gasteiger partial charge < -0.3 is 9.47 Å². The SMILES string of the molecule is CC(C)OC(=O)COC(=O)c1ccc(-n2cccn2)cc1. The molecule has 0 N–H and O–H groups in total. The van der Waals surface area contributed by atoms with Crippen LogP contribution in [0.1, 0.15) is 24.2 Å². The fourth-order valence-electron chi connectivity index (χ4n) is 1.68. The predicted molar refractivity (Wildman–Crippen MR) is 75.1 cm³/mol. The first kappa shape index (κ1) is 14.8. The Hall–Kier alpha value is -2.63. The van der Waals surface area contributed by atoms with E-state index in [4.69, 9.17) is 9.47 Å². The van der Waals surface area contributed by atoms with Crippen molar-refractivity contribution < 1.29 is 19.1 Å². The van der Waals surface area contributed by atoms with Crippen LogP contribution in [0, 0.1) is 0 Å². The van der Waals surface area contributed by atoms with E-state index >= 15 is 0 Å². The summed E-state index contributed by atoms with van der Waals surface area (Å²) < 4.78 is 11.4. The van der Waals surface area contributed by atoms with Crippen LogP contribution in [0.5, 0.6) is 0 Å². The Morgan fingerprint density at radius 1 is 1.24 bits per heavy atom. The molecule has 0 unspecified atom stereocenters. The summed E-state index contributed by atoms with van der Waals surface area (Å²) in [5.41, 5.74) is 1.19. The topological polar surface area (TPSA) is 70.4 Å². The van der Waals surface area contributed by atoms with E-state index in [0.29, 0.717) is 5.56 Å². The fourth-order valence-corrected chi connectivity index (χ4v) is 1.68. The van der Waals surface area contributed by atoms with Gasteiger partial charge in [0.05, 0.1) is 17.4 Å². The van der Waals surface area contributed by atoms with E-state index in [1.165, 1.54) is 0 Å². The number of esters is 2. The lowest BCUT2D eigenvalue weighted by Crippen LogP contribution is -2.19. The Bertz CT molecular complexity index is 603. The second-order valence-electron chi connectivity index (χ2n) is 4.61. The molecule has 0 aliphatic heterocycles. The van der Waals surface area contributed by atoms with Gasteiger partial charge in [-0.15, -0.1) is 0 Å². The molecule has 0 aliphatic carbocycles. The minimum Gasteiger partial charge on any atom is -0.460 e. The molecule has 0 saturated heterocycles. The molecule has 0 bridgehead atoms. The number of ether oxygens (including phenoxy) is 2. The molecular formula is C15H16N2O4. The number of hydrogen-bond acceptors (Lipinski definition) is 5. The maximum Gasteiger partial charge on any atom is 0.344 e. The van der Waals surface area contributed by atoms with Gasteiger partial charge in [-0.2, -0.15) is 5.10 Å². The van der Waals surface area contributed by atoms with Crippen LogP contribution >= 0.6 is 0 Å². The van der Waals surface area contributed by atoms with Gasteiger partial charge in [0.25, 0.3) is 0 Å². The Balaban J connectivity index is 1.93. The minimum absolute atomic E-state index is 0.232. The summed E-state index contributed by atoms with van der Waals surface area (Å²) in [4.78, 5) is 23.1. The third kappa shape index (κ3) is 4.17. The number of aromatic nitrogens is 2. The van der Waals surface area contributed by atoms with E-state index in [1.54, 1.807) is 55.2 Å². The van der Waals surface area contributed by atoms with E-state index in [9.17, 15) is 9.59 Å². The number of rotatable bonds is 5. The molecule has 2 aromatic rings. The van der Waals surface area contributed by atoms with Crippen LogP contribution < -0.4 is 0 Å². The Morgan fingerprint density at radius 2 is 1.95 bits per heavy atom. The average Bonchev–Trinajstić information content (AvgIpc) is 2.98. The predicted octanol–water partition coefficient (Wildman–Crippen LogP) is 1.98. The van der Waals surface area contributed by atoms with Gasteiger partial charge in [-0.05, 0) is 44.2 Å². The van der Waals surface area contributed by atoms with Crippen LogP contribution in [-0.4, -0.2) is 34.4 Å². The molecule has 0 aliphatic rings. The summed E-state index contributed by atoms with van der Waals surface area (Å²) in [5.74, 6) is -1.13. The van der Waals surface area contributed by atoms with Crippen molar-refractivity contribution in [3.05, 3.63) is 48.3 Å². The van der Waals surface area contributed by atoms with Gasteiger partial charge in [0.1, 0.15) is 0 Å². The molecule has 110 valence electrons. The molecule has 0 atom stereocenters. The molecule has 0 spiro atoms. The van der Waals surface area contributed by atoms with Crippen LogP contribution in [0.3, 0.4) is 0 Å². The fraction of sp³-hybridized carbons (Fsp3) is 0.267. The monoisotopic (exact) mass is 288 g/mol. The van der Waals surface area contributed by atoms with Gasteiger partial charge in [0.2, 0.25) is 0 Å². The molecule has 0 radical (unpaired) electrons. The molecular weight excluding hydrogens is 272 g/mol.